The molecule has 1 heterocycles. The Bertz CT molecular complexity index is 733. The molecule has 1 fully saturated rings. The first-order valence-electron chi connectivity index (χ1n) is 7.57. The molecule has 22 heavy (non-hydrogen) atoms. The third-order valence-corrected chi connectivity index (χ3v) is 4.81. The van der Waals surface area contributed by atoms with Gasteiger partial charge in [-0.15, -0.1) is 0 Å². The maximum Gasteiger partial charge on any atom is 0.127 e. The van der Waals surface area contributed by atoms with Crippen molar-refractivity contribution in [2.75, 3.05) is 0 Å². The van der Waals surface area contributed by atoms with Gasteiger partial charge in [-0.1, -0.05) is 24.3 Å². The summed E-state index contributed by atoms with van der Waals surface area (Å²) < 4.78 is 6.24. The highest BCUT2D eigenvalue weighted by atomic mass is 16.5. The Morgan fingerprint density at radius 1 is 0.955 bits per heavy atom. The Labute approximate surface area is 129 Å². The largest absolute Gasteiger partial charge is 0.508 e. The van der Waals surface area contributed by atoms with E-state index in [9.17, 15) is 10.2 Å². The van der Waals surface area contributed by atoms with Gasteiger partial charge in [0.15, 0.2) is 0 Å². The van der Waals surface area contributed by atoms with Gasteiger partial charge in [-0.3, -0.25) is 0 Å². The van der Waals surface area contributed by atoms with Gasteiger partial charge in [-0.05, 0) is 54.7 Å². The van der Waals surface area contributed by atoms with Crippen LogP contribution in [0.4, 0.5) is 0 Å². The zero-order valence-electron chi connectivity index (χ0n) is 12.2. The van der Waals surface area contributed by atoms with Crippen molar-refractivity contribution in [1.82, 2.24) is 0 Å². The molecule has 3 nitrogen and oxygen atoms in total. The number of phenols is 2. The van der Waals surface area contributed by atoms with E-state index in [1.165, 1.54) is 5.57 Å². The summed E-state index contributed by atoms with van der Waals surface area (Å²) in [5.74, 6) is 2.04. The predicted octanol–water partition coefficient (Wildman–Crippen LogP) is 4.28. The quantitative estimate of drug-likeness (QED) is 0.772. The summed E-state index contributed by atoms with van der Waals surface area (Å²) in [6.07, 6.45) is 1.84. The highest BCUT2D eigenvalue weighted by molar-refractivity contribution is 5.47. The van der Waals surface area contributed by atoms with E-state index in [0.29, 0.717) is 11.8 Å². The van der Waals surface area contributed by atoms with Crippen molar-refractivity contribution in [1.29, 1.82) is 0 Å². The Balaban J connectivity index is 1.79. The number of fused-ring (bicyclic) bond motifs is 3. The standard InChI is InChI=1S/C19H18O3/c1-11-8-15-16-10-14(21)6-7-18(16)22-19(17(15)9-11)12-2-4-13(20)5-3-12/h2-7,10,15,17,19-21H,1,8-9H2/t15-,17-,19-/m1/s1. The van der Waals surface area contributed by atoms with Crippen LogP contribution < -0.4 is 4.74 Å². The zero-order chi connectivity index (χ0) is 15.3. The molecule has 2 N–H and O–H groups in total. The van der Waals surface area contributed by atoms with Gasteiger partial charge in [0.2, 0.25) is 0 Å². The minimum atomic E-state index is -0.0399. The third-order valence-electron chi connectivity index (χ3n) is 4.81. The summed E-state index contributed by atoms with van der Waals surface area (Å²) in [6, 6.07) is 12.6. The number of allylic oxidation sites excluding steroid dienone is 1. The molecule has 0 radical (unpaired) electrons. The van der Waals surface area contributed by atoms with Crippen LogP contribution in [0.15, 0.2) is 54.6 Å². The van der Waals surface area contributed by atoms with Crippen LogP contribution in [0.25, 0.3) is 0 Å². The number of phenolic OH excluding ortho intramolecular Hbond substituents is 2. The summed E-state index contributed by atoms with van der Waals surface area (Å²) in [7, 11) is 0. The Morgan fingerprint density at radius 3 is 2.45 bits per heavy atom. The number of aromatic hydroxyl groups is 2. The second-order valence-corrected chi connectivity index (χ2v) is 6.28. The number of hydrogen-bond acceptors (Lipinski definition) is 3. The van der Waals surface area contributed by atoms with Gasteiger partial charge in [0, 0.05) is 11.5 Å². The molecule has 3 atom stereocenters. The molecule has 112 valence electrons. The summed E-state index contributed by atoms with van der Waals surface area (Å²) in [6.45, 7) is 4.16. The van der Waals surface area contributed by atoms with Crippen molar-refractivity contribution in [3.8, 4) is 17.2 Å². The molecule has 0 saturated heterocycles. The Hall–Kier alpha value is -2.42. The van der Waals surface area contributed by atoms with E-state index < -0.39 is 0 Å². The summed E-state index contributed by atoms with van der Waals surface area (Å²) >= 11 is 0. The average Bonchev–Trinajstić information content (AvgIpc) is 2.89. The average molecular weight is 294 g/mol. The van der Waals surface area contributed by atoms with Gasteiger partial charge in [-0.25, -0.2) is 0 Å². The van der Waals surface area contributed by atoms with E-state index >= 15 is 0 Å². The van der Waals surface area contributed by atoms with Gasteiger partial charge in [-0.2, -0.15) is 0 Å². The van der Waals surface area contributed by atoms with Crippen molar-refractivity contribution < 1.29 is 14.9 Å². The van der Waals surface area contributed by atoms with E-state index in [2.05, 4.69) is 6.58 Å². The lowest BCUT2D eigenvalue weighted by molar-refractivity contribution is 0.105. The smallest absolute Gasteiger partial charge is 0.127 e. The molecule has 1 saturated carbocycles. The number of hydrogen-bond donors (Lipinski definition) is 2. The van der Waals surface area contributed by atoms with Crippen LogP contribution in [-0.4, -0.2) is 10.2 Å². The van der Waals surface area contributed by atoms with Gasteiger partial charge in [0.05, 0.1) is 0 Å². The molecule has 0 spiro atoms. The monoisotopic (exact) mass is 294 g/mol. The predicted molar refractivity (Wildman–Crippen MR) is 84.2 cm³/mol. The van der Waals surface area contributed by atoms with E-state index in [0.717, 1.165) is 29.7 Å². The maximum absolute atomic E-state index is 9.78. The topological polar surface area (TPSA) is 49.7 Å². The molecular formula is C19H18O3. The molecule has 2 aromatic rings. The number of rotatable bonds is 1. The van der Waals surface area contributed by atoms with Gasteiger partial charge < -0.3 is 14.9 Å². The zero-order valence-corrected chi connectivity index (χ0v) is 12.2. The van der Waals surface area contributed by atoms with Crippen LogP contribution in [0.2, 0.25) is 0 Å². The van der Waals surface area contributed by atoms with E-state index in [1.54, 1.807) is 18.2 Å². The minimum Gasteiger partial charge on any atom is -0.508 e. The van der Waals surface area contributed by atoms with Crippen molar-refractivity contribution in [2.45, 2.75) is 24.9 Å². The summed E-state index contributed by atoms with van der Waals surface area (Å²) in [5, 5.41) is 19.3. The van der Waals surface area contributed by atoms with Crippen LogP contribution in [0, 0.1) is 5.92 Å². The van der Waals surface area contributed by atoms with Crippen molar-refractivity contribution in [3.05, 3.63) is 65.7 Å². The minimum absolute atomic E-state index is 0.0399. The van der Waals surface area contributed by atoms with Crippen LogP contribution in [0.1, 0.15) is 36.0 Å². The molecule has 0 amide bonds. The van der Waals surface area contributed by atoms with Crippen molar-refractivity contribution >= 4 is 0 Å². The molecule has 2 aliphatic rings. The fourth-order valence-electron chi connectivity index (χ4n) is 3.82. The first kappa shape index (κ1) is 13.3. The highest BCUT2D eigenvalue weighted by Gasteiger charge is 2.43. The lowest BCUT2D eigenvalue weighted by Crippen LogP contribution is -2.26. The second-order valence-electron chi connectivity index (χ2n) is 6.28. The van der Waals surface area contributed by atoms with Gasteiger partial charge in [0.1, 0.15) is 23.4 Å². The van der Waals surface area contributed by atoms with Crippen molar-refractivity contribution in [2.24, 2.45) is 5.92 Å². The molecule has 3 heteroatoms. The van der Waals surface area contributed by atoms with Crippen LogP contribution in [0.5, 0.6) is 17.2 Å². The molecule has 0 unspecified atom stereocenters. The first-order valence-corrected chi connectivity index (χ1v) is 7.57. The summed E-state index contributed by atoms with van der Waals surface area (Å²) in [4.78, 5) is 0. The molecule has 0 bridgehead atoms. The number of benzene rings is 2. The second kappa shape index (κ2) is 4.80. The number of ether oxygens (including phenoxy) is 1. The molecule has 1 aliphatic heterocycles. The Kier molecular flexibility index (Phi) is 2.89. The lowest BCUT2D eigenvalue weighted by atomic mass is 9.80. The highest BCUT2D eigenvalue weighted by Crippen LogP contribution is 2.55. The molecule has 1 aliphatic carbocycles. The third kappa shape index (κ3) is 2.05. The van der Waals surface area contributed by atoms with E-state index in [4.69, 9.17) is 4.74 Å². The van der Waals surface area contributed by atoms with Crippen LogP contribution in [0.3, 0.4) is 0 Å². The summed E-state index contributed by atoms with van der Waals surface area (Å²) in [5.41, 5.74) is 3.39. The molecule has 0 aromatic heterocycles. The fraction of sp³-hybridized carbons (Fsp3) is 0.263. The fourth-order valence-corrected chi connectivity index (χ4v) is 3.82. The molecule has 4 rings (SSSR count). The van der Waals surface area contributed by atoms with Gasteiger partial charge in [0.25, 0.3) is 0 Å². The molecule has 2 aromatic carbocycles. The maximum atomic E-state index is 9.78. The van der Waals surface area contributed by atoms with Gasteiger partial charge >= 0.3 is 0 Å². The van der Waals surface area contributed by atoms with Crippen LogP contribution in [-0.2, 0) is 0 Å². The van der Waals surface area contributed by atoms with Crippen LogP contribution >= 0.6 is 0 Å². The SMILES string of the molecule is C=C1C[C@@H]2[C@H](C1)c1cc(O)ccc1O[C@@H]2c1ccc(O)cc1. The molecular weight excluding hydrogens is 276 g/mol. The Morgan fingerprint density at radius 2 is 1.68 bits per heavy atom. The first-order chi connectivity index (χ1) is 10.6. The van der Waals surface area contributed by atoms with Crippen molar-refractivity contribution in [3.63, 3.8) is 0 Å². The van der Waals surface area contributed by atoms with E-state index in [-0.39, 0.29) is 17.6 Å². The van der Waals surface area contributed by atoms with E-state index in [1.807, 2.05) is 24.3 Å². The lowest BCUT2D eigenvalue weighted by Gasteiger charge is -2.36. The normalized spacial score (nSPS) is 26.2.